The molecule has 0 heterocycles. The highest BCUT2D eigenvalue weighted by molar-refractivity contribution is 5.33. The monoisotopic (exact) mass is 270 g/mol. The zero-order valence-corrected chi connectivity index (χ0v) is 12.2. The lowest BCUT2D eigenvalue weighted by Crippen LogP contribution is -2.19. The van der Waals surface area contributed by atoms with Crippen molar-refractivity contribution in [1.29, 1.82) is 0 Å². The van der Waals surface area contributed by atoms with E-state index < -0.39 is 5.60 Å². The lowest BCUT2D eigenvalue weighted by Gasteiger charge is -2.18. The number of aliphatic hydroxyl groups is 1. The van der Waals surface area contributed by atoms with E-state index in [-0.39, 0.29) is 0 Å². The van der Waals surface area contributed by atoms with Gasteiger partial charge in [0.15, 0.2) is 0 Å². The summed E-state index contributed by atoms with van der Waals surface area (Å²) in [5.74, 6) is 0.903. The molecule has 0 fully saturated rings. The van der Waals surface area contributed by atoms with Gasteiger partial charge in [0.25, 0.3) is 0 Å². The molecule has 2 aromatic rings. The van der Waals surface area contributed by atoms with E-state index in [1.165, 1.54) is 0 Å². The molecule has 1 N–H and O–H groups in total. The minimum Gasteiger partial charge on any atom is -0.489 e. The SMILES string of the molecule is CC(C)(O)CCc1ccccc1OCc1ccccc1. The molecule has 2 heteroatoms. The minimum absolute atomic E-state index is 0.570. The average Bonchev–Trinajstić information content (AvgIpc) is 2.44. The van der Waals surface area contributed by atoms with E-state index >= 15 is 0 Å². The van der Waals surface area contributed by atoms with Crippen LogP contribution in [0.4, 0.5) is 0 Å². The molecule has 0 amide bonds. The second kappa shape index (κ2) is 6.58. The molecule has 0 aliphatic carbocycles. The van der Waals surface area contributed by atoms with E-state index in [2.05, 4.69) is 18.2 Å². The molecule has 0 bridgehead atoms. The van der Waals surface area contributed by atoms with Crippen LogP contribution in [0.1, 0.15) is 31.4 Å². The van der Waals surface area contributed by atoms with E-state index in [0.717, 1.165) is 29.7 Å². The van der Waals surface area contributed by atoms with E-state index in [1.807, 2.05) is 50.2 Å². The Morgan fingerprint density at radius 3 is 2.30 bits per heavy atom. The number of benzene rings is 2. The van der Waals surface area contributed by atoms with Gasteiger partial charge in [-0.3, -0.25) is 0 Å². The van der Waals surface area contributed by atoms with E-state index in [0.29, 0.717) is 6.61 Å². The summed E-state index contributed by atoms with van der Waals surface area (Å²) in [6, 6.07) is 18.2. The third-order valence-corrected chi connectivity index (χ3v) is 3.22. The van der Waals surface area contributed by atoms with Crippen LogP contribution in [-0.2, 0) is 13.0 Å². The third kappa shape index (κ3) is 4.71. The fourth-order valence-electron chi connectivity index (χ4n) is 2.03. The van der Waals surface area contributed by atoms with Gasteiger partial charge in [0, 0.05) is 0 Å². The fourth-order valence-corrected chi connectivity index (χ4v) is 2.03. The van der Waals surface area contributed by atoms with Crippen LogP contribution < -0.4 is 4.74 Å². The highest BCUT2D eigenvalue weighted by atomic mass is 16.5. The Morgan fingerprint density at radius 2 is 1.60 bits per heavy atom. The molecule has 20 heavy (non-hydrogen) atoms. The van der Waals surface area contributed by atoms with Crippen LogP contribution in [0.25, 0.3) is 0 Å². The summed E-state index contributed by atoms with van der Waals surface area (Å²) in [6.07, 6.45) is 1.53. The number of aryl methyl sites for hydroxylation is 1. The standard InChI is InChI=1S/C18H22O2/c1-18(2,19)13-12-16-10-6-7-11-17(16)20-14-15-8-4-3-5-9-15/h3-11,19H,12-14H2,1-2H3. The van der Waals surface area contributed by atoms with Gasteiger partial charge >= 0.3 is 0 Å². The first-order valence-electron chi connectivity index (χ1n) is 7.02. The maximum Gasteiger partial charge on any atom is 0.122 e. The summed E-state index contributed by atoms with van der Waals surface area (Å²) in [5, 5.41) is 9.84. The van der Waals surface area contributed by atoms with Crippen molar-refractivity contribution in [3.8, 4) is 5.75 Å². The Hall–Kier alpha value is -1.80. The number of hydrogen-bond donors (Lipinski definition) is 1. The van der Waals surface area contributed by atoms with Gasteiger partial charge in [0.1, 0.15) is 12.4 Å². The maximum atomic E-state index is 9.84. The molecular formula is C18H22O2. The van der Waals surface area contributed by atoms with Crippen LogP contribution in [0.3, 0.4) is 0 Å². The second-order valence-electron chi connectivity index (χ2n) is 5.69. The van der Waals surface area contributed by atoms with Crippen LogP contribution in [-0.4, -0.2) is 10.7 Å². The third-order valence-electron chi connectivity index (χ3n) is 3.22. The van der Waals surface area contributed by atoms with Gasteiger partial charge in [0.05, 0.1) is 5.60 Å². The highest BCUT2D eigenvalue weighted by Crippen LogP contribution is 2.23. The molecule has 0 saturated carbocycles. The average molecular weight is 270 g/mol. The first-order valence-corrected chi connectivity index (χ1v) is 7.02. The van der Waals surface area contributed by atoms with Gasteiger partial charge in [-0.05, 0) is 43.9 Å². The van der Waals surface area contributed by atoms with Crippen LogP contribution in [0.2, 0.25) is 0 Å². The summed E-state index contributed by atoms with van der Waals surface area (Å²) >= 11 is 0. The Labute approximate surface area is 121 Å². The van der Waals surface area contributed by atoms with Gasteiger partial charge in [0.2, 0.25) is 0 Å². The van der Waals surface area contributed by atoms with Crippen molar-refractivity contribution < 1.29 is 9.84 Å². The minimum atomic E-state index is -0.646. The zero-order chi connectivity index (χ0) is 14.4. The number of hydrogen-bond acceptors (Lipinski definition) is 2. The van der Waals surface area contributed by atoms with Crippen molar-refractivity contribution in [2.24, 2.45) is 0 Å². The molecule has 0 aliphatic heterocycles. The largest absolute Gasteiger partial charge is 0.489 e. The molecule has 0 aliphatic rings. The maximum absolute atomic E-state index is 9.84. The molecule has 0 saturated heterocycles. The second-order valence-corrected chi connectivity index (χ2v) is 5.69. The summed E-state index contributed by atoms with van der Waals surface area (Å²) in [6.45, 7) is 4.24. The van der Waals surface area contributed by atoms with Crippen LogP contribution in [0.15, 0.2) is 54.6 Å². The van der Waals surface area contributed by atoms with Gasteiger partial charge in [-0.15, -0.1) is 0 Å². The Morgan fingerprint density at radius 1 is 0.950 bits per heavy atom. The quantitative estimate of drug-likeness (QED) is 0.860. The van der Waals surface area contributed by atoms with Crippen LogP contribution in [0.5, 0.6) is 5.75 Å². The molecule has 0 radical (unpaired) electrons. The number of ether oxygens (including phenoxy) is 1. The predicted octanol–water partition coefficient (Wildman–Crippen LogP) is 3.97. The Bertz CT molecular complexity index is 527. The van der Waals surface area contributed by atoms with E-state index in [1.54, 1.807) is 0 Å². The fraction of sp³-hybridized carbons (Fsp3) is 0.333. The summed E-state index contributed by atoms with van der Waals surface area (Å²) in [4.78, 5) is 0. The molecule has 106 valence electrons. The smallest absolute Gasteiger partial charge is 0.122 e. The van der Waals surface area contributed by atoms with Crippen molar-refractivity contribution in [2.75, 3.05) is 0 Å². The van der Waals surface area contributed by atoms with Crippen molar-refractivity contribution in [2.45, 2.75) is 38.9 Å². The van der Waals surface area contributed by atoms with Gasteiger partial charge in [-0.2, -0.15) is 0 Å². The lowest BCUT2D eigenvalue weighted by molar-refractivity contribution is 0.0712. The molecular weight excluding hydrogens is 248 g/mol. The Balaban J connectivity index is 2.01. The summed E-state index contributed by atoms with van der Waals surface area (Å²) in [5.41, 5.74) is 1.65. The first kappa shape index (κ1) is 14.6. The number of para-hydroxylation sites is 1. The normalized spacial score (nSPS) is 11.3. The number of rotatable bonds is 6. The van der Waals surface area contributed by atoms with E-state index in [4.69, 9.17) is 4.74 Å². The molecule has 2 rings (SSSR count). The Kier molecular flexibility index (Phi) is 4.80. The summed E-state index contributed by atoms with van der Waals surface area (Å²) in [7, 11) is 0. The molecule has 0 unspecified atom stereocenters. The lowest BCUT2D eigenvalue weighted by atomic mass is 9.98. The van der Waals surface area contributed by atoms with Crippen molar-refractivity contribution >= 4 is 0 Å². The van der Waals surface area contributed by atoms with E-state index in [9.17, 15) is 5.11 Å². The van der Waals surface area contributed by atoms with Crippen molar-refractivity contribution in [1.82, 2.24) is 0 Å². The van der Waals surface area contributed by atoms with Crippen molar-refractivity contribution in [3.05, 3.63) is 65.7 Å². The zero-order valence-electron chi connectivity index (χ0n) is 12.2. The van der Waals surface area contributed by atoms with Gasteiger partial charge < -0.3 is 9.84 Å². The topological polar surface area (TPSA) is 29.5 Å². The predicted molar refractivity (Wildman–Crippen MR) is 81.8 cm³/mol. The molecule has 2 aromatic carbocycles. The van der Waals surface area contributed by atoms with Crippen LogP contribution in [0, 0.1) is 0 Å². The van der Waals surface area contributed by atoms with Crippen LogP contribution >= 0.6 is 0 Å². The molecule has 0 atom stereocenters. The summed E-state index contributed by atoms with van der Waals surface area (Å²) < 4.78 is 5.91. The molecule has 0 spiro atoms. The molecule has 2 nitrogen and oxygen atoms in total. The van der Waals surface area contributed by atoms with Gasteiger partial charge in [-0.25, -0.2) is 0 Å². The first-order chi connectivity index (χ1) is 9.54. The van der Waals surface area contributed by atoms with Crippen molar-refractivity contribution in [3.63, 3.8) is 0 Å². The highest BCUT2D eigenvalue weighted by Gasteiger charge is 2.13. The molecule has 0 aromatic heterocycles. The van der Waals surface area contributed by atoms with Gasteiger partial charge in [-0.1, -0.05) is 48.5 Å².